The molecule has 0 amide bonds. The van der Waals surface area contributed by atoms with Crippen molar-refractivity contribution in [3.05, 3.63) is 66.2 Å². The predicted octanol–water partition coefficient (Wildman–Crippen LogP) is 3.47. The lowest BCUT2D eigenvalue weighted by Crippen LogP contribution is -1.95. The van der Waals surface area contributed by atoms with Gasteiger partial charge in [0.25, 0.3) is 0 Å². The maximum absolute atomic E-state index is 12.9. The van der Waals surface area contributed by atoms with Gasteiger partial charge in [-0.15, -0.1) is 0 Å². The zero-order chi connectivity index (χ0) is 16.2. The Morgan fingerprint density at radius 1 is 1.26 bits per heavy atom. The van der Waals surface area contributed by atoms with Gasteiger partial charge in [-0.2, -0.15) is 5.10 Å². The molecule has 0 saturated carbocycles. The van der Waals surface area contributed by atoms with E-state index in [0.29, 0.717) is 5.09 Å². The summed E-state index contributed by atoms with van der Waals surface area (Å²) >= 11 is 1.25. The highest BCUT2D eigenvalue weighted by atomic mass is 32.2. The first-order valence-corrected chi connectivity index (χ1v) is 7.27. The van der Waals surface area contributed by atoms with Gasteiger partial charge in [-0.25, -0.2) is 9.37 Å². The second-order valence-electron chi connectivity index (χ2n) is 4.40. The van der Waals surface area contributed by atoms with Gasteiger partial charge in [0, 0.05) is 11.0 Å². The Morgan fingerprint density at radius 3 is 2.74 bits per heavy atom. The molecule has 0 aliphatic carbocycles. The number of hydrogen-bond donors (Lipinski definition) is 2. The zero-order valence-corrected chi connectivity index (χ0v) is 12.4. The third-order valence-corrected chi connectivity index (χ3v) is 3.71. The molecular formula is C15H10FN3O3S. The number of aromatic amines is 1. The van der Waals surface area contributed by atoms with Crippen LogP contribution in [0.1, 0.15) is 16.4 Å². The summed E-state index contributed by atoms with van der Waals surface area (Å²) in [6, 6.07) is 9.03. The van der Waals surface area contributed by atoms with Crippen LogP contribution in [0.3, 0.4) is 0 Å². The number of rotatable bonds is 5. The van der Waals surface area contributed by atoms with E-state index in [2.05, 4.69) is 15.2 Å². The number of nitrogens with zero attached hydrogens (tertiary/aromatic N) is 2. The summed E-state index contributed by atoms with van der Waals surface area (Å²) in [5.41, 5.74) is 0. The minimum atomic E-state index is -0.509. The van der Waals surface area contributed by atoms with Gasteiger partial charge in [0.1, 0.15) is 12.1 Å². The second kappa shape index (κ2) is 6.49. The molecule has 0 radical (unpaired) electrons. The molecule has 3 aromatic rings. The molecule has 2 aromatic heterocycles. The molecular weight excluding hydrogens is 321 g/mol. The highest BCUT2D eigenvalue weighted by Gasteiger charge is 2.13. The number of ketones is 1. The molecule has 116 valence electrons. The number of benzene rings is 1. The first kappa shape index (κ1) is 15.0. The fraction of sp³-hybridized carbons (Fsp3) is 0. The third-order valence-electron chi connectivity index (χ3n) is 2.78. The quantitative estimate of drug-likeness (QED) is 0.422. The van der Waals surface area contributed by atoms with Crippen LogP contribution in [-0.4, -0.2) is 26.1 Å². The van der Waals surface area contributed by atoms with Crippen molar-refractivity contribution >= 4 is 23.3 Å². The van der Waals surface area contributed by atoms with Crippen LogP contribution >= 0.6 is 11.8 Å². The largest absolute Gasteiger partial charge is 0.504 e. The van der Waals surface area contributed by atoms with E-state index in [9.17, 15) is 14.3 Å². The molecule has 23 heavy (non-hydrogen) atoms. The number of aromatic nitrogens is 3. The summed E-state index contributed by atoms with van der Waals surface area (Å²) in [5, 5.41) is 16.2. The van der Waals surface area contributed by atoms with Gasteiger partial charge in [-0.3, -0.25) is 9.89 Å². The van der Waals surface area contributed by atoms with Crippen molar-refractivity contribution in [1.82, 2.24) is 15.2 Å². The number of nitrogens with one attached hydrogen (secondary N) is 1. The van der Waals surface area contributed by atoms with E-state index in [4.69, 9.17) is 4.42 Å². The molecule has 0 unspecified atom stereocenters. The highest BCUT2D eigenvalue weighted by Crippen LogP contribution is 2.29. The van der Waals surface area contributed by atoms with E-state index in [1.54, 1.807) is 18.2 Å². The second-order valence-corrected chi connectivity index (χ2v) is 5.48. The van der Waals surface area contributed by atoms with Gasteiger partial charge in [-0.05, 0) is 36.4 Å². The monoisotopic (exact) mass is 331 g/mol. The Kier molecular flexibility index (Phi) is 4.24. The minimum absolute atomic E-state index is 0.0701. The summed E-state index contributed by atoms with van der Waals surface area (Å²) in [6.45, 7) is 0. The van der Waals surface area contributed by atoms with Gasteiger partial charge >= 0.3 is 0 Å². The molecule has 0 atom stereocenters. The number of halogens is 1. The molecule has 3 rings (SSSR count). The summed E-state index contributed by atoms with van der Waals surface area (Å²) in [6.07, 6.45) is 2.21. The van der Waals surface area contributed by atoms with Crippen LogP contribution in [0.4, 0.5) is 4.39 Å². The summed E-state index contributed by atoms with van der Waals surface area (Å²) in [4.78, 5) is 16.5. The molecule has 8 heteroatoms. The predicted molar refractivity (Wildman–Crippen MR) is 80.6 cm³/mol. The van der Waals surface area contributed by atoms with Crippen LogP contribution in [0.15, 0.2) is 63.2 Å². The molecule has 2 N–H and O–H groups in total. The van der Waals surface area contributed by atoms with Crippen LogP contribution < -0.4 is 0 Å². The SMILES string of the molecule is O=C(/C=C(/O)c1ncn[nH]1)c1ccc(Sc2ccc(F)cc2)o1. The molecule has 0 spiro atoms. The fourth-order valence-electron chi connectivity index (χ4n) is 1.72. The lowest BCUT2D eigenvalue weighted by atomic mass is 10.2. The van der Waals surface area contributed by atoms with Crippen LogP contribution in [0.25, 0.3) is 5.76 Å². The van der Waals surface area contributed by atoms with E-state index in [-0.39, 0.29) is 23.2 Å². The van der Waals surface area contributed by atoms with E-state index in [0.717, 1.165) is 11.0 Å². The van der Waals surface area contributed by atoms with Crippen LogP contribution in [-0.2, 0) is 0 Å². The topological polar surface area (TPSA) is 92.0 Å². The summed E-state index contributed by atoms with van der Waals surface area (Å²) in [7, 11) is 0. The smallest absolute Gasteiger partial charge is 0.224 e. The maximum Gasteiger partial charge on any atom is 0.224 e. The Morgan fingerprint density at radius 2 is 2.04 bits per heavy atom. The van der Waals surface area contributed by atoms with Crippen molar-refractivity contribution in [2.75, 3.05) is 0 Å². The molecule has 0 fully saturated rings. The van der Waals surface area contributed by atoms with Gasteiger partial charge in [0.15, 0.2) is 22.4 Å². The Balaban J connectivity index is 1.72. The van der Waals surface area contributed by atoms with Crippen LogP contribution in [0, 0.1) is 5.82 Å². The fourth-order valence-corrected chi connectivity index (χ4v) is 2.49. The number of carbonyl (C=O) groups excluding carboxylic acids is 1. The van der Waals surface area contributed by atoms with Gasteiger partial charge < -0.3 is 9.52 Å². The third kappa shape index (κ3) is 3.67. The van der Waals surface area contributed by atoms with Crippen LogP contribution in [0.5, 0.6) is 0 Å². The molecule has 0 saturated heterocycles. The zero-order valence-electron chi connectivity index (χ0n) is 11.6. The standard InChI is InChI=1S/C15H10FN3O3S/c16-9-1-3-10(4-2-9)23-14-6-5-13(22-14)11(20)7-12(21)15-17-8-18-19-15/h1-8,21H,(H,17,18,19)/b12-7+. The van der Waals surface area contributed by atoms with E-state index in [1.807, 2.05) is 0 Å². The van der Waals surface area contributed by atoms with Crippen molar-refractivity contribution in [2.24, 2.45) is 0 Å². The Bertz CT molecular complexity index is 841. The molecule has 0 aliphatic heterocycles. The van der Waals surface area contributed by atoms with Gasteiger partial charge in [0.05, 0.1) is 0 Å². The number of H-pyrrole nitrogens is 1. The average molecular weight is 331 g/mol. The summed E-state index contributed by atoms with van der Waals surface area (Å²) in [5.74, 6) is -1.01. The lowest BCUT2D eigenvalue weighted by molar-refractivity contribution is 0.101. The number of hydrogen-bond acceptors (Lipinski definition) is 6. The van der Waals surface area contributed by atoms with Gasteiger partial charge in [-0.1, -0.05) is 11.8 Å². The molecule has 2 heterocycles. The number of carbonyl (C=O) groups is 1. The normalized spacial score (nSPS) is 11.6. The van der Waals surface area contributed by atoms with E-state index in [1.165, 1.54) is 36.3 Å². The minimum Gasteiger partial charge on any atom is -0.504 e. The van der Waals surface area contributed by atoms with Crippen molar-refractivity contribution in [1.29, 1.82) is 0 Å². The molecule has 0 bridgehead atoms. The molecule has 6 nitrogen and oxygen atoms in total. The molecule has 1 aromatic carbocycles. The number of allylic oxidation sites excluding steroid dienone is 1. The van der Waals surface area contributed by atoms with Crippen LogP contribution in [0.2, 0.25) is 0 Å². The van der Waals surface area contributed by atoms with Crippen molar-refractivity contribution in [3.8, 4) is 0 Å². The van der Waals surface area contributed by atoms with Crippen molar-refractivity contribution in [2.45, 2.75) is 9.99 Å². The number of furan rings is 1. The maximum atomic E-state index is 12.9. The van der Waals surface area contributed by atoms with E-state index < -0.39 is 5.78 Å². The van der Waals surface area contributed by atoms with Crippen molar-refractivity contribution in [3.63, 3.8) is 0 Å². The lowest BCUT2D eigenvalue weighted by Gasteiger charge is -1.97. The van der Waals surface area contributed by atoms with Gasteiger partial charge in [0.2, 0.25) is 5.78 Å². The Hall–Kier alpha value is -2.87. The number of aliphatic hydroxyl groups excluding tert-OH is 1. The Labute approximate surface area is 134 Å². The summed E-state index contributed by atoms with van der Waals surface area (Å²) < 4.78 is 18.3. The average Bonchev–Trinajstić information content (AvgIpc) is 3.21. The first-order valence-electron chi connectivity index (χ1n) is 6.46. The highest BCUT2D eigenvalue weighted by molar-refractivity contribution is 7.99. The first-order chi connectivity index (χ1) is 11.1. The molecule has 0 aliphatic rings. The van der Waals surface area contributed by atoms with E-state index >= 15 is 0 Å². The number of aliphatic hydroxyl groups is 1. The van der Waals surface area contributed by atoms with Crippen molar-refractivity contribution < 1.29 is 18.7 Å².